The summed E-state index contributed by atoms with van der Waals surface area (Å²) in [5.74, 6) is 0.687. The second kappa shape index (κ2) is 9.05. The lowest BCUT2D eigenvalue weighted by Gasteiger charge is -2.33. The first-order chi connectivity index (χ1) is 14.9. The average molecular weight is 443 g/mol. The van der Waals surface area contributed by atoms with Gasteiger partial charge in [0.15, 0.2) is 0 Å². The molecule has 164 valence electrons. The van der Waals surface area contributed by atoms with Gasteiger partial charge in [0.2, 0.25) is 5.91 Å². The first kappa shape index (κ1) is 21.3. The summed E-state index contributed by atoms with van der Waals surface area (Å²) in [5.41, 5.74) is 8.17. The molecule has 31 heavy (non-hydrogen) atoms. The molecule has 2 N–H and O–H groups in total. The van der Waals surface area contributed by atoms with E-state index in [0.29, 0.717) is 42.9 Å². The highest BCUT2D eigenvalue weighted by Gasteiger charge is 2.27. The van der Waals surface area contributed by atoms with Crippen LogP contribution in [0.2, 0.25) is 0 Å². The second-order valence-corrected chi connectivity index (χ2v) is 9.64. The number of rotatable bonds is 6. The smallest absolute Gasteiger partial charge is 0.259 e. The van der Waals surface area contributed by atoms with E-state index in [1.54, 1.807) is 30.6 Å². The number of likely N-dealkylation sites (tertiary alicyclic amines) is 1. The zero-order chi connectivity index (χ0) is 21.8. The summed E-state index contributed by atoms with van der Waals surface area (Å²) in [4.78, 5) is 18.6. The number of ether oxygens (including phenoxy) is 1. The standard InChI is InChI=1S/C22H26N4O4S/c23-22-21-18(15-31(28,29)25-22)4-1-5-19(21)30-14-17-3-2-12-26(13-17)20(27)7-6-16-8-10-24-11-9-16/h1,4-5,8-11,17H,2-3,6-7,12-15H2,(H2,23,25)/t17-/m0/s1. The molecule has 0 bridgehead atoms. The van der Waals surface area contributed by atoms with Gasteiger partial charge in [-0.1, -0.05) is 12.1 Å². The highest BCUT2D eigenvalue weighted by molar-refractivity contribution is 7.89. The Morgan fingerprint density at radius 3 is 2.84 bits per heavy atom. The third-order valence-electron chi connectivity index (χ3n) is 5.67. The molecular formula is C22H26N4O4S. The molecule has 4 rings (SSSR count). The van der Waals surface area contributed by atoms with Gasteiger partial charge in [0, 0.05) is 37.8 Å². The van der Waals surface area contributed by atoms with E-state index >= 15 is 0 Å². The highest BCUT2D eigenvalue weighted by atomic mass is 32.2. The number of fused-ring (bicyclic) bond motifs is 1. The summed E-state index contributed by atoms with van der Waals surface area (Å²) in [6, 6.07) is 9.13. The van der Waals surface area contributed by atoms with Crippen LogP contribution in [0, 0.1) is 5.92 Å². The van der Waals surface area contributed by atoms with Crippen LogP contribution in [-0.2, 0) is 27.0 Å². The summed E-state index contributed by atoms with van der Waals surface area (Å²) >= 11 is 0. The van der Waals surface area contributed by atoms with Crippen LogP contribution < -0.4 is 10.5 Å². The molecule has 2 aliphatic rings. The number of nitrogens with two attached hydrogens (primary N) is 1. The molecule has 1 aromatic carbocycles. The van der Waals surface area contributed by atoms with Crippen LogP contribution in [0.1, 0.15) is 36.0 Å². The van der Waals surface area contributed by atoms with Gasteiger partial charge in [-0.2, -0.15) is 0 Å². The third-order valence-corrected chi connectivity index (χ3v) is 6.82. The van der Waals surface area contributed by atoms with E-state index in [1.165, 1.54) is 0 Å². The van der Waals surface area contributed by atoms with Gasteiger partial charge in [0.05, 0.1) is 17.9 Å². The molecule has 1 amide bonds. The van der Waals surface area contributed by atoms with Crippen molar-refractivity contribution in [1.82, 2.24) is 9.88 Å². The number of carbonyl (C=O) groups is 1. The maximum Gasteiger partial charge on any atom is 0.259 e. The molecule has 1 saturated heterocycles. The Labute approximate surface area is 182 Å². The monoisotopic (exact) mass is 442 g/mol. The zero-order valence-electron chi connectivity index (χ0n) is 17.2. The van der Waals surface area contributed by atoms with E-state index < -0.39 is 10.0 Å². The summed E-state index contributed by atoms with van der Waals surface area (Å²) in [5, 5.41) is 0. The number of aromatic nitrogens is 1. The molecule has 2 aliphatic heterocycles. The van der Waals surface area contributed by atoms with Crippen LogP contribution in [0.4, 0.5) is 0 Å². The average Bonchev–Trinajstić information content (AvgIpc) is 2.76. The third kappa shape index (κ3) is 5.22. The second-order valence-electron chi connectivity index (χ2n) is 8.01. The summed E-state index contributed by atoms with van der Waals surface area (Å²) in [6.45, 7) is 1.86. The maximum atomic E-state index is 12.7. The molecule has 0 saturated carbocycles. The number of aryl methyl sites for hydroxylation is 1. The number of amidine groups is 1. The Hall–Kier alpha value is -2.94. The molecule has 1 atom stereocenters. The molecule has 1 aromatic heterocycles. The first-order valence-corrected chi connectivity index (χ1v) is 12.0. The Morgan fingerprint density at radius 1 is 1.23 bits per heavy atom. The molecular weight excluding hydrogens is 416 g/mol. The van der Waals surface area contributed by atoms with Crippen molar-refractivity contribution >= 4 is 21.8 Å². The normalized spacial score (nSPS) is 19.9. The minimum Gasteiger partial charge on any atom is -0.492 e. The van der Waals surface area contributed by atoms with Crippen molar-refractivity contribution in [2.75, 3.05) is 19.7 Å². The van der Waals surface area contributed by atoms with Crippen LogP contribution in [0.5, 0.6) is 5.75 Å². The van der Waals surface area contributed by atoms with Crippen molar-refractivity contribution in [1.29, 1.82) is 0 Å². The Morgan fingerprint density at radius 2 is 2.03 bits per heavy atom. The quantitative estimate of drug-likeness (QED) is 0.730. The zero-order valence-corrected chi connectivity index (χ0v) is 18.1. The number of hydrogen-bond acceptors (Lipinski definition) is 6. The van der Waals surface area contributed by atoms with Crippen LogP contribution in [0.25, 0.3) is 0 Å². The Balaban J connectivity index is 1.35. The number of hydrogen-bond donors (Lipinski definition) is 1. The van der Waals surface area contributed by atoms with Crippen LogP contribution in [0.15, 0.2) is 47.1 Å². The number of benzene rings is 1. The molecule has 0 radical (unpaired) electrons. The van der Waals surface area contributed by atoms with Crippen molar-refractivity contribution in [3.63, 3.8) is 0 Å². The molecule has 3 heterocycles. The summed E-state index contributed by atoms with van der Waals surface area (Å²) < 4.78 is 33.3. The van der Waals surface area contributed by atoms with Crippen LogP contribution in [0.3, 0.4) is 0 Å². The number of amides is 1. The van der Waals surface area contributed by atoms with Gasteiger partial charge >= 0.3 is 0 Å². The fourth-order valence-electron chi connectivity index (χ4n) is 4.13. The molecule has 8 nitrogen and oxygen atoms in total. The van der Waals surface area contributed by atoms with E-state index in [1.807, 2.05) is 17.0 Å². The number of piperidine rings is 1. The lowest BCUT2D eigenvalue weighted by molar-refractivity contribution is -0.133. The predicted octanol–water partition coefficient (Wildman–Crippen LogP) is 1.88. The van der Waals surface area contributed by atoms with Gasteiger partial charge in [-0.3, -0.25) is 9.78 Å². The number of pyridine rings is 1. The first-order valence-electron chi connectivity index (χ1n) is 10.4. The van der Waals surface area contributed by atoms with Gasteiger partial charge < -0.3 is 15.4 Å². The van der Waals surface area contributed by atoms with E-state index in [9.17, 15) is 13.2 Å². The lowest BCUT2D eigenvalue weighted by atomic mass is 9.98. The summed E-state index contributed by atoms with van der Waals surface area (Å²) in [6.07, 6.45) is 6.57. The predicted molar refractivity (Wildman–Crippen MR) is 117 cm³/mol. The Bertz CT molecular complexity index is 1090. The lowest BCUT2D eigenvalue weighted by Crippen LogP contribution is -2.41. The topological polar surface area (TPSA) is 115 Å². The van der Waals surface area contributed by atoms with Gasteiger partial charge in [-0.25, -0.2) is 8.42 Å². The van der Waals surface area contributed by atoms with Gasteiger partial charge in [0.25, 0.3) is 10.0 Å². The van der Waals surface area contributed by atoms with Crippen molar-refractivity contribution in [3.05, 3.63) is 59.4 Å². The van der Waals surface area contributed by atoms with E-state index in [4.69, 9.17) is 10.5 Å². The minimum atomic E-state index is -3.58. The van der Waals surface area contributed by atoms with E-state index in [0.717, 1.165) is 24.9 Å². The van der Waals surface area contributed by atoms with Crippen molar-refractivity contribution in [2.45, 2.75) is 31.4 Å². The van der Waals surface area contributed by atoms with Crippen molar-refractivity contribution in [3.8, 4) is 5.75 Å². The molecule has 9 heteroatoms. The molecule has 2 aromatic rings. The van der Waals surface area contributed by atoms with E-state index in [-0.39, 0.29) is 23.4 Å². The van der Waals surface area contributed by atoms with Gasteiger partial charge in [-0.05, 0) is 48.6 Å². The SMILES string of the molecule is NC1=NS(=O)(=O)Cc2cccc(OC[C@H]3CCCN(C(=O)CCc4ccncc4)C3)c21. The maximum absolute atomic E-state index is 12.7. The minimum absolute atomic E-state index is 0.0339. The van der Waals surface area contributed by atoms with Crippen molar-refractivity contribution < 1.29 is 17.9 Å². The van der Waals surface area contributed by atoms with Gasteiger partial charge in [0.1, 0.15) is 11.6 Å². The fraction of sp³-hybridized carbons (Fsp3) is 0.409. The molecule has 1 fully saturated rings. The number of nitrogens with zero attached hydrogens (tertiary/aromatic N) is 3. The fourth-order valence-corrected chi connectivity index (χ4v) is 5.22. The number of sulfonamides is 1. The molecule has 0 aliphatic carbocycles. The van der Waals surface area contributed by atoms with E-state index in [2.05, 4.69) is 9.38 Å². The number of carbonyl (C=O) groups excluding carboxylic acids is 1. The van der Waals surface area contributed by atoms with Crippen LogP contribution >= 0.6 is 0 Å². The highest BCUT2D eigenvalue weighted by Crippen LogP contribution is 2.29. The molecule has 0 unspecified atom stereocenters. The largest absolute Gasteiger partial charge is 0.492 e. The van der Waals surface area contributed by atoms with Crippen LogP contribution in [-0.4, -0.2) is 49.7 Å². The van der Waals surface area contributed by atoms with Gasteiger partial charge in [-0.15, -0.1) is 4.40 Å². The summed E-state index contributed by atoms with van der Waals surface area (Å²) in [7, 11) is -3.58. The van der Waals surface area contributed by atoms with Crippen molar-refractivity contribution in [2.24, 2.45) is 16.0 Å². The molecule has 0 spiro atoms. The Kier molecular flexibility index (Phi) is 6.22.